The van der Waals surface area contributed by atoms with Gasteiger partial charge in [0.15, 0.2) is 0 Å². The predicted octanol–water partition coefficient (Wildman–Crippen LogP) is 2.85. The SMILES string of the molecule is CC(C)c1c(N)ncnc1Oc1cccc(C#N)c1. The zero-order chi connectivity index (χ0) is 13.8. The van der Waals surface area contributed by atoms with Crippen molar-refractivity contribution in [3.05, 3.63) is 41.7 Å². The molecule has 2 rings (SSSR count). The van der Waals surface area contributed by atoms with Crippen molar-refractivity contribution in [1.82, 2.24) is 9.97 Å². The summed E-state index contributed by atoms with van der Waals surface area (Å²) < 4.78 is 5.71. The lowest BCUT2D eigenvalue weighted by molar-refractivity contribution is 0.452. The van der Waals surface area contributed by atoms with Gasteiger partial charge in [0.1, 0.15) is 17.9 Å². The van der Waals surface area contributed by atoms with Crippen LogP contribution in [0.25, 0.3) is 0 Å². The largest absolute Gasteiger partial charge is 0.438 e. The number of aromatic nitrogens is 2. The third kappa shape index (κ3) is 2.80. The highest BCUT2D eigenvalue weighted by Crippen LogP contribution is 2.31. The van der Waals surface area contributed by atoms with Crippen LogP contribution in [-0.4, -0.2) is 9.97 Å². The second-order valence-corrected chi connectivity index (χ2v) is 4.37. The molecule has 0 amide bonds. The normalized spacial score (nSPS) is 10.2. The first-order valence-electron chi connectivity index (χ1n) is 5.90. The van der Waals surface area contributed by atoms with Crippen molar-refractivity contribution in [1.29, 1.82) is 5.26 Å². The Bertz CT molecular complexity index is 632. The molecule has 0 unspecified atom stereocenters. The summed E-state index contributed by atoms with van der Waals surface area (Å²) in [6, 6.07) is 8.96. The standard InChI is InChI=1S/C14H14N4O/c1-9(2)12-13(16)17-8-18-14(12)19-11-5-3-4-10(6-11)7-15/h3-6,8-9H,1-2H3,(H2,16,17,18). The van der Waals surface area contributed by atoms with E-state index in [9.17, 15) is 0 Å². The van der Waals surface area contributed by atoms with E-state index in [1.54, 1.807) is 24.3 Å². The molecule has 96 valence electrons. The fraction of sp³-hybridized carbons (Fsp3) is 0.214. The number of rotatable bonds is 3. The molecule has 0 radical (unpaired) electrons. The highest BCUT2D eigenvalue weighted by molar-refractivity contribution is 5.48. The first-order chi connectivity index (χ1) is 9.11. The van der Waals surface area contributed by atoms with Crippen LogP contribution in [0.5, 0.6) is 11.6 Å². The third-order valence-corrected chi connectivity index (χ3v) is 2.63. The number of hydrogen-bond donors (Lipinski definition) is 1. The van der Waals surface area contributed by atoms with E-state index in [4.69, 9.17) is 15.7 Å². The van der Waals surface area contributed by atoms with Gasteiger partial charge in [-0.2, -0.15) is 5.26 Å². The molecular formula is C14H14N4O. The molecule has 0 fully saturated rings. The Morgan fingerprint density at radius 2 is 2.11 bits per heavy atom. The topological polar surface area (TPSA) is 84.8 Å². The van der Waals surface area contributed by atoms with Gasteiger partial charge < -0.3 is 10.5 Å². The van der Waals surface area contributed by atoms with E-state index in [-0.39, 0.29) is 5.92 Å². The van der Waals surface area contributed by atoms with Gasteiger partial charge in [0.25, 0.3) is 0 Å². The molecule has 0 aliphatic rings. The molecule has 0 bridgehead atoms. The van der Waals surface area contributed by atoms with Crippen LogP contribution in [0.3, 0.4) is 0 Å². The van der Waals surface area contributed by atoms with Crippen LogP contribution in [0, 0.1) is 11.3 Å². The lowest BCUT2D eigenvalue weighted by atomic mass is 10.1. The molecule has 0 saturated carbocycles. The maximum atomic E-state index is 8.86. The number of nitrogens with two attached hydrogens (primary N) is 1. The zero-order valence-electron chi connectivity index (χ0n) is 10.8. The second-order valence-electron chi connectivity index (χ2n) is 4.37. The average molecular weight is 254 g/mol. The van der Waals surface area contributed by atoms with Crippen molar-refractivity contribution in [3.63, 3.8) is 0 Å². The number of hydrogen-bond acceptors (Lipinski definition) is 5. The van der Waals surface area contributed by atoms with Crippen molar-refractivity contribution >= 4 is 5.82 Å². The van der Waals surface area contributed by atoms with E-state index < -0.39 is 0 Å². The van der Waals surface area contributed by atoms with Gasteiger partial charge in [0, 0.05) is 0 Å². The van der Waals surface area contributed by atoms with E-state index >= 15 is 0 Å². The number of nitrogen functional groups attached to an aromatic ring is 1. The van der Waals surface area contributed by atoms with Crippen LogP contribution in [0.2, 0.25) is 0 Å². The predicted molar refractivity (Wildman–Crippen MR) is 71.8 cm³/mol. The number of ether oxygens (including phenoxy) is 1. The lowest BCUT2D eigenvalue weighted by Crippen LogP contribution is -2.04. The molecular weight excluding hydrogens is 240 g/mol. The summed E-state index contributed by atoms with van der Waals surface area (Å²) in [6.07, 6.45) is 1.37. The van der Waals surface area contributed by atoms with Crippen LogP contribution in [0.1, 0.15) is 30.9 Å². The molecule has 0 atom stereocenters. The molecule has 1 heterocycles. The first-order valence-corrected chi connectivity index (χ1v) is 5.90. The molecule has 2 aromatic rings. The summed E-state index contributed by atoms with van der Waals surface area (Å²) in [5, 5.41) is 8.86. The van der Waals surface area contributed by atoms with Gasteiger partial charge in [-0.25, -0.2) is 9.97 Å². The quantitative estimate of drug-likeness (QED) is 0.910. The smallest absolute Gasteiger partial charge is 0.227 e. The molecule has 1 aromatic heterocycles. The Hall–Kier alpha value is -2.61. The average Bonchev–Trinajstić information content (AvgIpc) is 2.38. The van der Waals surface area contributed by atoms with Crippen LogP contribution >= 0.6 is 0 Å². The van der Waals surface area contributed by atoms with Gasteiger partial charge in [-0.3, -0.25) is 0 Å². The van der Waals surface area contributed by atoms with E-state index in [0.717, 1.165) is 5.56 Å². The van der Waals surface area contributed by atoms with E-state index in [1.807, 2.05) is 13.8 Å². The van der Waals surface area contributed by atoms with Crippen LogP contribution < -0.4 is 10.5 Å². The lowest BCUT2D eigenvalue weighted by Gasteiger charge is -2.13. The van der Waals surface area contributed by atoms with Gasteiger partial charge in [-0.15, -0.1) is 0 Å². The summed E-state index contributed by atoms with van der Waals surface area (Å²) in [5.41, 5.74) is 7.15. The summed E-state index contributed by atoms with van der Waals surface area (Å²) in [5.74, 6) is 1.54. The van der Waals surface area contributed by atoms with Gasteiger partial charge >= 0.3 is 0 Å². The molecule has 2 N–H and O–H groups in total. The van der Waals surface area contributed by atoms with Crippen molar-refractivity contribution in [2.24, 2.45) is 0 Å². The monoisotopic (exact) mass is 254 g/mol. The highest BCUT2D eigenvalue weighted by Gasteiger charge is 2.15. The van der Waals surface area contributed by atoms with Gasteiger partial charge in [-0.1, -0.05) is 19.9 Å². The van der Waals surface area contributed by atoms with Crippen molar-refractivity contribution in [2.75, 3.05) is 5.73 Å². The van der Waals surface area contributed by atoms with E-state index in [0.29, 0.717) is 23.0 Å². The van der Waals surface area contributed by atoms with Crippen molar-refractivity contribution < 1.29 is 4.74 Å². The molecule has 5 nitrogen and oxygen atoms in total. The van der Waals surface area contributed by atoms with Crippen molar-refractivity contribution in [3.8, 4) is 17.7 Å². The van der Waals surface area contributed by atoms with Gasteiger partial charge in [-0.05, 0) is 24.1 Å². The number of nitrogens with zero attached hydrogens (tertiary/aromatic N) is 3. The van der Waals surface area contributed by atoms with Gasteiger partial charge in [0.2, 0.25) is 5.88 Å². The third-order valence-electron chi connectivity index (χ3n) is 2.63. The number of benzene rings is 1. The summed E-state index contributed by atoms with van der Waals surface area (Å²) in [6.45, 7) is 3.99. The number of nitriles is 1. The van der Waals surface area contributed by atoms with Crippen LogP contribution in [-0.2, 0) is 0 Å². The van der Waals surface area contributed by atoms with Crippen LogP contribution in [0.4, 0.5) is 5.82 Å². The van der Waals surface area contributed by atoms with E-state index in [1.165, 1.54) is 6.33 Å². The Labute approximate surface area is 111 Å². The molecule has 1 aromatic carbocycles. The van der Waals surface area contributed by atoms with Crippen LogP contribution in [0.15, 0.2) is 30.6 Å². The molecule has 0 saturated heterocycles. The summed E-state index contributed by atoms with van der Waals surface area (Å²) in [4.78, 5) is 8.09. The molecule has 0 spiro atoms. The summed E-state index contributed by atoms with van der Waals surface area (Å²) >= 11 is 0. The molecule has 5 heteroatoms. The molecule has 0 aliphatic carbocycles. The van der Waals surface area contributed by atoms with Gasteiger partial charge in [0.05, 0.1) is 17.2 Å². The minimum atomic E-state index is 0.148. The maximum absolute atomic E-state index is 8.86. The Morgan fingerprint density at radius 3 is 2.79 bits per heavy atom. The minimum Gasteiger partial charge on any atom is -0.438 e. The minimum absolute atomic E-state index is 0.148. The highest BCUT2D eigenvalue weighted by atomic mass is 16.5. The molecule has 19 heavy (non-hydrogen) atoms. The van der Waals surface area contributed by atoms with Crippen molar-refractivity contribution in [2.45, 2.75) is 19.8 Å². The Morgan fingerprint density at radius 1 is 1.32 bits per heavy atom. The first kappa shape index (κ1) is 12.8. The maximum Gasteiger partial charge on any atom is 0.227 e. The fourth-order valence-corrected chi connectivity index (χ4v) is 1.76. The fourth-order valence-electron chi connectivity index (χ4n) is 1.76. The molecule has 0 aliphatic heterocycles. The summed E-state index contributed by atoms with van der Waals surface area (Å²) in [7, 11) is 0. The second kappa shape index (κ2) is 5.36. The Balaban J connectivity index is 2.38. The number of anilines is 1. The van der Waals surface area contributed by atoms with E-state index in [2.05, 4.69) is 16.0 Å². The Kier molecular flexibility index (Phi) is 3.62. The zero-order valence-corrected chi connectivity index (χ0v) is 10.8.